The molecule has 0 aromatic carbocycles. The van der Waals surface area contributed by atoms with Crippen LogP contribution in [0.15, 0.2) is 6.20 Å². The minimum Gasteiger partial charge on any atom is -0.385 e. The lowest BCUT2D eigenvalue weighted by molar-refractivity contribution is 0.188. The van der Waals surface area contributed by atoms with Gasteiger partial charge >= 0.3 is 0 Å². The minimum atomic E-state index is -0.599. The third-order valence-electron chi connectivity index (χ3n) is 2.62. The van der Waals surface area contributed by atoms with Crippen molar-refractivity contribution in [2.45, 2.75) is 38.3 Å². The molecule has 1 aliphatic rings. The molecule has 1 aromatic rings. The molecule has 0 saturated heterocycles. The van der Waals surface area contributed by atoms with Gasteiger partial charge in [0.15, 0.2) is 5.82 Å². The zero-order valence-corrected chi connectivity index (χ0v) is 8.27. The Morgan fingerprint density at radius 2 is 2.43 bits per heavy atom. The highest BCUT2D eigenvalue weighted by molar-refractivity contribution is 5.24. The molecule has 3 N–H and O–H groups in total. The Kier molecular flexibility index (Phi) is 2.48. The van der Waals surface area contributed by atoms with E-state index in [1.165, 1.54) is 0 Å². The van der Waals surface area contributed by atoms with Crippen molar-refractivity contribution in [2.24, 2.45) is 5.73 Å². The van der Waals surface area contributed by atoms with E-state index < -0.39 is 6.10 Å². The number of nitrogens with two attached hydrogens (primary N) is 1. The topological polar surface area (TPSA) is 72.0 Å². The van der Waals surface area contributed by atoms with Gasteiger partial charge in [-0.15, -0.1) is 0 Å². The van der Waals surface area contributed by atoms with Crippen LogP contribution in [0.3, 0.4) is 0 Å². The first-order valence-corrected chi connectivity index (χ1v) is 4.98. The quantitative estimate of drug-likeness (QED) is 0.694. The molecule has 0 amide bonds. The molecule has 1 aliphatic carbocycles. The number of hydrogen-bond donors (Lipinski definition) is 2. The zero-order valence-electron chi connectivity index (χ0n) is 8.27. The lowest BCUT2D eigenvalue weighted by Crippen LogP contribution is -2.20. The third-order valence-corrected chi connectivity index (χ3v) is 2.62. The maximum absolute atomic E-state index is 9.33. The fourth-order valence-corrected chi connectivity index (χ4v) is 1.80. The fourth-order valence-electron chi connectivity index (χ4n) is 1.80. The SMILES string of the molecule is CC(O)c1ncc2c(n1)CCCC2N. The summed E-state index contributed by atoms with van der Waals surface area (Å²) in [6, 6.07) is 0.0711. The average Bonchev–Trinajstić information content (AvgIpc) is 2.17. The molecule has 1 aromatic heterocycles. The normalized spacial score (nSPS) is 22.9. The largest absolute Gasteiger partial charge is 0.385 e. The molecule has 1 heterocycles. The first-order chi connectivity index (χ1) is 6.68. The van der Waals surface area contributed by atoms with Gasteiger partial charge in [-0.2, -0.15) is 0 Å². The lowest BCUT2D eigenvalue weighted by Gasteiger charge is -2.21. The number of aryl methyl sites for hydroxylation is 1. The number of aromatic nitrogens is 2. The van der Waals surface area contributed by atoms with Gasteiger partial charge in [0, 0.05) is 23.5 Å². The van der Waals surface area contributed by atoms with Crippen molar-refractivity contribution in [1.82, 2.24) is 9.97 Å². The van der Waals surface area contributed by atoms with Crippen molar-refractivity contribution in [1.29, 1.82) is 0 Å². The van der Waals surface area contributed by atoms with Crippen LogP contribution in [-0.4, -0.2) is 15.1 Å². The summed E-state index contributed by atoms with van der Waals surface area (Å²) in [4.78, 5) is 8.42. The summed E-state index contributed by atoms with van der Waals surface area (Å²) in [6.45, 7) is 1.67. The van der Waals surface area contributed by atoms with Gasteiger partial charge in [0.1, 0.15) is 6.10 Å². The Hall–Kier alpha value is -1.00. The molecule has 4 heteroatoms. The van der Waals surface area contributed by atoms with E-state index in [1.54, 1.807) is 13.1 Å². The first kappa shape index (κ1) is 9.55. The number of hydrogen-bond acceptors (Lipinski definition) is 4. The summed E-state index contributed by atoms with van der Waals surface area (Å²) in [6.07, 6.45) is 4.19. The van der Waals surface area contributed by atoms with Crippen LogP contribution in [0.4, 0.5) is 0 Å². The molecule has 0 spiro atoms. The summed E-state index contributed by atoms with van der Waals surface area (Å²) in [5.41, 5.74) is 7.98. The molecular formula is C10H15N3O. The number of nitrogens with zero attached hydrogens (tertiary/aromatic N) is 2. The molecule has 14 heavy (non-hydrogen) atoms. The second-order valence-electron chi connectivity index (χ2n) is 3.80. The average molecular weight is 193 g/mol. The summed E-state index contributed by atoms with van der Waals surface area (Å²) in [5, 5.41) is 9.33. The summed E-state index contributed by atoms with van der Waals surface area (Å²) in [5.74, 6) is 0.498. The van der Waals surface area contributed by atoms with Crippen LogP contribution < -0.4 is 5.73 Å². The van der Waals surface area contributed by atoms with Crippen LogP contribution >= 0.6 is 0 Å². The van der Waals surface area contributed by atoms with Crippen LogP contribution in [0.25, 0.3) is 0 Å². The van der Waals surface area contributed by atoms with E-state index in [9.17, 15) is 5.11 Å². The van der Waals surface area contributed by atoms with E-state index in [0.29, 0.717) is 5.82 Å². The number of rotatable bonds is 1. The molecular weight excluding hydrogens is 178 g/mol. The Balaban J connectivity index is 2.39. The summed E-state index contributed by atoms with van der Waals surface area (Å²) < 4.78 is 0. The summed E-state index contributed by atoms with van der Waals surface area (Å²) in [7, 11) is 0. The highest BCUT2D eigenvalue weighted by Crippen LogP contribution is 2.26. The zero-order chi connectivity index (χ0) is 10.1. The van der Waals surface area contributed by atoms with Crippen LogP contribution in [0.2, 0.25) is 0 Å². The van der Waals surface area contributed by atoms with Gasteiger partial charge in [0.25, 0.3) is 0 Å². The maximum Gasteiger partial charge on any atom is 0.156 e. The monoisotopic (exact) mass is 193 g/mol. The summed E-state index contributed by atoms with van der Waals surface area (Å²) >= 11 is 0. The fraction of sp³-hybridized carbons (Fsp3) is 0.600. The first-order valence-electron chi connectivity index (χ1n) is 4.98. The third kappa shape index (κ3) is 1.63. The van der Waals surface area contributed by atoms with Crippen molar-refractivity contribution >= 4 is 0 Å². The van der Waals surface area contributed by atoms with E-state index in [1.807, 2.05) is 0 Å². The molecule has 2 rings (SSSR count). The number of aliphatic hydroxyl groups excluding tert-OH is 1. The molecule has 0 saturated carbocycles. The van der Waals surface area contributed by atoms with E-state index in [2.05, 4.69) is 9.97 Å². The molecule has 2 atom stereocenters. The van der Waals surface area contributed by atoms with Crippen molar-refractivity contribution in [3.8, 4) is 0 Å². The number of fused-ring (bicyclic) bond motifs is 1. The van der Waals surface area contributed by atoms with Crippen molar-refractivity contribution in [3.63, 3.8) is 0 Å². The Morgan fingerprint density at radius 3 is 3.14 bits per heavy atom. The second kappa shape index (κ2) is 3.63. The van der Waals surface area contributed by atoms with Gasteiger partial charge in [0.05, 0.1) is 0 Å². The van der Waals surface area contributed by atoms with Crippen LogP contribution in [-0.2, 0) is 6.42 Å². The Morgan fingerprint density at radius 1 is 1.64 bits per heavy atom. The van der Waals surface area contributed by atoms with Gasteiger partial charge in [-0.1, -0.05) is 0 Å². The van der Waals surface area contributed by atoms with Gasteiger partial charge in [-0.25, -0.2) is 9.97 Å². The molecule has 0 bridgehead atoms. The van der Waals surface area contributed by atoms with E-state index in [4.69, 9.17) is 5.73 Å². The van der Waals surface area contributed by atoms with Gasteiger partial charge in [-0.05, 0) is 26.2 Å². The van der Waals surface area contributed by atoms with E-state index >= 15 is 0 Å². The maximum atomic E-state index is 9.33. The van der Waals surface area contributed by atoms with E-state index in [0.717, 1.165) is 30.5 Å². The lowest BCUT2D eigenvalue weighted by atomic mass is 9.93. The Bertz CT molecular complexity index is 338. The second-order valence-corrected chi connectivity index (χ2v) is 3.80. The highest BCUT2D eigenvalue weighted by Gasteiger charge is 2.19. The standard InChI is InChI=1S/C10H15N3O/c1-6(14)10-12-5-7-8(11)3-2-4-9(7)13-10/h5-6,8,14H,2-4,11H2,1H3. The smallest absolute Gasteiger partial charge is 0.156 e. The van der Waals surface area contributed by atoms with E-state index in [-0.39, 0.29) is 6.04 Å². The predicted molar refractivity (Wildman–Crippen MR) is 52.5 cm³/mol. The van der Waals surface area contributed by atoms with Gasteiger partial charge < -0.3 is 10.8 Å². The number of aliphatic hydroxyl groups is 1. The van der Waals surface area contributed by atoms with Crippen molar-refractivity contribution in [3.05, 3.63) is 23.3 Å². The molecule has 0 radical (unpaired) electrons. The van der Waals surface area contributed by atoms with Crippen molar-refractivity contribution in [2.75, 3.05) is 0 Å². The highest BCUT2D eigenvalue weighted by atomic mass is 16.3. The molecule has 76 valence electrons. The van der Waals surface area contributed by atoms with Gasteiger partial charge in [0.2, 0.25) is 0 Å². The molecule has 0 aliphatic heterocycles. The predicted octanol–water partition coefficient (Wildman–Crippen LogP) is 0.866. The Labute approximate surface area is 83.2 Å². The minimum absolute atomic E-state index is 0.0711. The molecule has 2 unspecified atom stereocenters. The van der Waals surface area contributed by atoms with Crippen LogP contribution in [0, 0.1) is 0 Å². The van der Waals surface area contributed by atoms with Gasteiger partial charge in [-0.3, -0.25) is 0 Å². The molecule has 4 nitrogen and oxygen atoms in total. The van der Waals surface area contributed by atoms with Crippen LogP contribution in [0.1, 0.15) is 49.0 Å². The molecule has 0 fully saturated rings. The van der Waals surface area contributed by atoms with Crippen molar-refractivity contribution < 1.29 is 5.11 Å². The van der Waals surface area contributed by atoms with Crippen LogP contribution in [0.5, 0.6) is 0 Å².